The van der Waals surface area contributed by atoms with Gasteiger partial charge in [0.25, 0.3) is 5.91 Å². The molecule has 0 aromatic heterocycles. The molecule has 2 N–H and O–H groups in total. The number of fused-ring (bicyclic) bond motifs is 1. The molecule has 2 amide bonds. The summed E-state index contributed by atoms with van der Waals surface area (Å²) in [5.41, 5.74) is 0.272. The first-order chi connectivity index (χ1) is 19.0. The van der Waals surface area contributed by atoms with Gasteiger partial charge in [0.15, 0.2) is 0 Å². The second kappa shape index (κ2) is 15.1. The Balaban J connectivity index is 2.42. The first kappa shape index (κ1) is 34.6. The maximum absolute atomic E-state index is 13.9. The fraction of sp³-hybridized carbons (Fsp3) is 0.704. The summed E-state index contributed by atoms with van der Waals surface area (Å²) in [5, 5.41) is 9.98. The summed E-state index contributed by atoms with van der Waals surface area (Å²) in [7, 11) is -2.21. The van der Waals surface area contributed by atoms with Crippen LogP contribution in [0.15, 0.2) is 18.2 Å². The number of likely N-dealkylation sites (N-methyl/N-ethyl adjacent to an activating group) is 1. The van der Waals surface area contributed by atoms with Gasteiger partial charge < -0.3 is 24.4 Å². The molecule has 0 aliphatic carbocycles. The highest BCUT2D eigenvalue weighted by Gasteiger charge is 2.32. The third-order valence-corrected chi connectivity index (χ3v) is 7.46. The highest BCUT2D eigenvalue weighted by Crippen LogP contribution is 2.29. The number of nitrogens with zero attached hydrogens (tertiary/aromatic N) is 2. The molecule has 0 spiro atoms. The molecule has 234 valence electrons. The lowest BCUT2D eigenvalue weighted by Gasteiger charge is -2.36. The molecule has 0 bridgehead atoms. The van der Waals surface area contributed by atoms with Crippen molar-refractivity contribution in [2.75, 3.05) is 44.3 Å². The number of sulfonamides is 1. The van der Waals surface area contributed by atoms with Gasteiger partial charge in [0.1, 0.15) is 5.75 Å². The summed E-state index contributed by atoms with van der Waals surface area (Å²) >= 11 is 0. The molecule has 1 aromatic carbocycles. The van der Waals surface area contributed by atoms with Crippen molar-refractivity contribution in [1.29, 1.82) is 0 Å². The molecule has 0 radical (unpaired) electrons. The molecule has 1 aliphatic rings. The number of halogens is 3. The summed E-state index contributed by atoms with van der Waals surface area (Å²) in [5.74, 6) is -1.30. The third kappa shape index (κ3) is 11.7. The van der Waals surface area contributed by atoms with E-state index in [1.165, 1.54) is 35.0 Å². The minimum absolute atomic E-state index is 0.0198. The lowest BCUT2D eigenvalue weighted by Crippen LogP contribution is -2.48. The smallest absolute Gasteiger partial charge is 0.389 e. The highest BCUT2D eigenvalue weighted by molar-refractivity contribution is 7.92. The van der Waals surface area contributed by atoms with E-state index in [4.69, 9.17) is 9.47 Å². The average molecular weight is 610 g/mol. The van der Waals surface area contributed by atoms with Crippen molar-refractivity contribution in [2.24, 2.45) is 5.92 Å². The molecule has 1 heterocycles. The van der Waals surface area contributed by atoms with Crippen LogP contribution in [0.3, 0.4) is 0 Å². The standard InChI is InChI=1S/C27H42F3N3O7S/c1-18-15-33(19(2)17-34)26(36)22-14-21(31-41(5,37)38)9-10-23(22)40-20(3)8-6-7-13-39-24(18)16-32(4)25(35)11-12-27(28,29)30/h9-10,14,18-20,24,31,34H,6-8,11-13,15-17H2,1-5H3/t18-,19+,20-,24+/m1/s1. The van der Waals surface area contributed by atoms with Gasteiger partial charge in [-0.25, -0.2) is 8.42 Å². The van der Waals surface area contributed by atoms with E-state index in [0.717, 1.165) is 12.7 Å². The zero-order valence-electron chi connectivity index (χ0n) is 24.2. The lowest BCUT2D eigenvalue weighted by atomic mass is 10.0. The zero-order chi connectivity index (χ0) is 31.0. The fourth-order valence-corrected chi connectivity index (χ4v) is 5.03. The number of carbonyl (C=O) groups excluding carboxylic acids is 2. The predicted molar refractivity (Wildman–Crippen MR) is 148 cm³/mol. The minimum Gasteiger partial charge on any atom is -0.490 e. The third-order valence-electron chi connectivity index (χ3n) is 6.86. The number of hydrogen-bond donors (Lipinski definition) is 2. The lowest BCUT2D eigenvalue weighted by molar-refractivity contribution is -0.149. The summed E-state index contributed by atoms with van der Waals surface area (Å²) in [6, 6.07) is 3.77. The summed E-state index contributed by atoms with van der Waals surface area (Å²) < 4.78 is 76.2. The number of anilines is 1. The Labute approximate surface area is 240 Å². The van der Waals surface area contributed by atoms with Crippen LogP contribution >= 0.6 is 0 Å². The molecule has 4 atom stereocenters. The average Bonchev–Trinajstić information content (AvgIpc) is 2.87. The summed E-state index contributed by atoms with van der Waals surface area (Å²) in [6.45, 7) is 5.37. The Hall–Kier alpha value is -2.58. The molecule has 10 nitrogen and oxygen atoms in total. The van der Waals surface area contributed by atoms with Crippen molar-refractivity contribution >= 4 is 27.5 Å². The van der Waals surface area contributed by atoms with Gasteiger partial charge in [0, 0.05) is 44.8 Å². The number of amides is 2. The van der Waals surface area contributed by atoms with Crippen LogP contribution in [0.4, 0.5) is 18.9 Å². The van der Waals surface area contributed by atoms with Crippen LogP contribution in [0, 0.1) is 5.92 Å². The first-order valence-corrected chi connectivity index (χ1v) is 15.5. The van der Waals surface area contributed by atoms with Crippen LogP contribution in [0.25, 0.3) is 0 Å². The van der Waals surface area contributed by atoms with Crippen molar-refractivity contribution < 1.29 is 45.8 Å². The SMILES string of the molecule is C[C@@H]1CCCCO[C@@H](CN(C)C(=O)CCC(F)(F)F)[C@H](C)CN([C@@H](C)CO)C(=O)c2cc(NS(C)(=O)=O)ccc2O1. The predicted octanol–water partition coefficient (Wildman–Crippen LogP) is 3.65. The van der Waals surface area contributed by atoms with Gasteiger partial charge >= 0.3 is 6.18 Å². The van der Waals surface area contributed by atoms with E-state index in [2.05, 4.69) is 4.72 Å². The van der Waals surface area contributed by atoms with Crippen molar-refractivity contribution in [1.82, 2.24) is 9.80 Å². The van der Waals surface area contributed by atoms with Gasteiger partial charge in [-0.15, -0.1) is 0 Å². The number of ether oxygens (including phenoxy) is 2. The van der Waals surface area contributed by atoms with Crippen molar-refractivity contribution in [2.45, 2.75) is 77.3 Å². The van der Waals surface area contributed by atoms with Crippen molar-refractivity contribution in [3.05, 3.63) is 23.8 Å². The Morgan fingerprint density at radius 3 is 2.56 bits per heavy atom. The van der Waals surface area contributed by atoms with E-state index in [-0.39, 0.29) is 42.8 Å². The summed E-state index contributed by atoms with van der Waals surface area (Å²) in [4.78, 5) is 29.0. The summed E-state index contributed by atoms with van der Waals surface area (Å²) in [6.07, 6.45) is -4.20. The van der Waals surface area contributed by atoms with Crippen LogP contribution in [0.2, 0.25) is 0 Å². The molecular formula is C27H42F3N3O7S. The van der Waals surface area contributed by atoms with E-state index in [1.54, 1.807) is 13.8 Å². The van der Waals surface area contributed by atoms with E-state index in [1.807, 2.05) is 6.92 Å². The van der Waals surface area contributed by atoms with E-state index >= 15 is 0 Å². The Morgan fingerprint density at radius 1 is 1.27 bits per heavy atom. The van der Waals surface area contributed by atoms with Crippen LogP contribution in [-0.4, -0.2) is 99.2 Å². The maximum Gasteiger partial charge on any atom is 0.389 e. The molecular weight excluding hydrogens is 567 g/mol. The molecule has 1 aromatic rings. The molecule has 14 heteroatoms. The van der Waals surface area contributed by atoms with Gasteiger partial charge in [-0.3, -0.25) is 14.3 Å². The topological polar surface area (TPSA) is 125 Å². The number of alkyl halides is 3. The molecule has 1 aliphatic heterocycles. The highest BCUT2D eigenvalue weighted by atomic mass is 32.2. The fourth-order valence-electron chi connectivity index (χ4n) is 4.47. The number of nitrogens with one attached hydrogen (secondary N) is 1. The van der Waals surface area contributed by atoms with Crippen LogP contribution in [0.1, 0.15) is 63.2 Å². The van der Waals surface area contributed by atoms with Gasteiger partial charge in [-0.2, -0.15) is 13.2 Å². The number of benzene rings is 1. The molecule has 2 rings (SSSR count). The number of carbonyl (C=O) groups is 2. The monoisotopic (exact) mass is 609 g/mol. The number of rotatable bonds is 8. The molecule has 0 fully saturated rings. The number of aliphatic hydroxyl groups excluding tert-OH is 1. The van der Waals surface area contributed by atoms with E-state index < -0.39 is 58.9 Å². The van der Waals surface area contributed by atoms with Crippen molar-refractivity contribution in [3.8, 4) is 5.75 Å². The maximum atomic E-state index is 13.9. The van der Waals surface area contributed by atoms with Gasteiger partial charge in [0.05, 0.1) is 43.1 Å². The largest absolute Gasteiger partial charge is 0.490 e. The quantitative estimate of drug-likeness (QED) is 0.461. The van der Waals surface area contributed by atoms with Crippen LogP contribution in [0.5, 0.6) is 5.75 Å². The van der Waals surface area contributed by atoms with E-state index in [9.17, 15) is 36.3 Å². The van der Waals surface area contributed by atoms with Gasteiger partial charge in [-0.1, -0.05) is 6.92 Å². The second-order valence-electron chi connectivity index (χ2n) is 10.8. The molecule has 41 heavy (non-hydrogen) atoms. The van der Waals surface area contributed by atoms with Crippen LogP contribution < -0.4 is 9.46 Å². The Morgan fingerprint density at radius 2 is 1.95 bits per heavy atom. The second-order valence-corrected chi connectivity index (χ2v) is 12.5. The van der Waals surface area contributed by atoms with Gasteiger partial charge in [0.2, 0.25) is 15.9 Å². The normalized spacial score (nSPS) is 22.2. The zero-order valence-corrected chi connectivity index (χ0v) is 25.1. The number of aliphatic hydroxyl groups is 1. The first-order valence-electron chi connectivity index (χ1n) is 13.6. The Bertz CT molecular complexity index is 1130. The van der Waals surface area contributed by atoms with Crippen LogP contribution in [-0.2, 0) is 19.6 Å². The minimum atomic E-state index is -4.44. The van der Waals surface area contributed by atoms with Gasteiger partial charge in [-0.05, 0) is 51.3 Å². The van der Waals surface area contributed by atoms with E-state index in [0.29, 0.717) is 19.4 Å². The number of hydrogen-bond acceptors (Lipinski definition) is 7. The molecule has 0 saturated heterocycles. The molecule has 0 unspecified atom stereocenters. The van der Waals surface area contributed by atoms with Crippen molar-refractivity contribution in [3.63, 3.8) is 0 Å². The molecule has 0 saturated carbocycles. The Kier molecular flexibility index (Phi) is 12.7.